The largest absolute Gasteiger partial charge is 0.456 e. The second kappa shape index (κ2) is 10.4. The third kappa shape index (κ3) is 3.93. The summed E-state index contributed by atoms with van der Waals surface area (Å²) < 4.78 is 13.2. The van der Waals surface area contributed by atoms with Crippen molar-refractivity contribution in [3.8, 4) is 44.9 Å². The van der Waals surface area contributed by atoms with Crippen molar-refractivity contribution in [1.29, 1.82) is 0 Å². The van der Waals surface area contributed by atoms with Crippen LogP contribution in [0.5, 0.6) is 0 Å². The van der Waals surface area contributed by atoms with E-state index >= 15 is 0 Å². The zero-order chi connectivity index (χ0) is 32.8. The summed E-state index contributed by atoms with van der Waals surface area (Å²) in [5.41, 5.74) is 11.3. The quantitative estimate of drug-likeness (QED) is 0.180. The molecular formula is C46H26N2O2. The van der Waals surface area contributed by atoms with Crippen LogP contribution in [0.3, 0.4) is 0 Å². The minimum Gasteiger partial charge on any atom is -0.456 e. The molecule has 11 aromatic rings. The fraction of sp³-hybridized carbons (Fsp3) is 0. The van der Waals surface area contributed by atoms with Crippen LogP contribution in [-0.4, -0.2) is 9.97 Å². The molecule has 0 radical (unpaired) electrons. The highest BCUT2D eigenvalue weighted by Gasteiger charge is 2.22. The molecule has 0 fully saturated rings. The van der Waals surface area contributed by atoms with Crippen LogP contribution in [-0.2, 0) is 0 Å². The van der Waals surface area contributed by atoms with Gasteiger partial charge in [0.1, 0.15) is 28.0 Å². The summed E-state index contributed by atoms with van der Waals surface area (Å²) in [6.07, 6.45) is 0. The highest BCUT2D eigenvalue weighted by Crippen LogP contribution is 2.47. The molecule has 0 saturated heterocycles. The number of aromatic nitrogens is 2. The smallest absolute Gasteiger partial charge is 0.180 e. The van der Waals surface area contributed by atoms with Crippen LogP contribution in [0, 0.1) is 0 Å². The number of nitrogens with zero attached hydrogens (tertiary/aromatic N) is 2. The van der Waals surface area contributed by atoms with Gasteiger partial charge in [-0.25, -0.2) is 9.97 Å². The minimum atomic E-state index is 0.673. The van der Waals surface area contributed by atoms with Crippen LogP contribution >= 0.6 is 0 Å². The van der Waals surface area contributed by atoms with Crippen LogP contribution in [0.1, 0.15) is 0 Å². The SMILES string of the molecule is c1ccc(-c2ccc3c(c2)c2c(-c4ccc5c(c4)oc4c(-c6ccccc6)nc(-c6ccccc6)nc45)ccc4oc5cccc3c5c42)cc1. The van der Waals surface area contributed by atoms with Gasteiger partial charge in [0.05, 0.1) is 0 Å². The predicted molar refractivity (Wildman–Crippen MR) is 205 cm³/mol. The van der Waals surface area contributed by atoms with E-state index in [0.29, 0.717) is 11.4 Å². The molecule has 0 bridgehead atoms. The maximum Gasteiger partial charge on any atom is 0.180 e. The number of rotatable bonds is 4. The number of furan rings is 2. The van der Waals surface area contributed by atoms with Gasteiger partial charge in [-0.05, 0) is 68.7 Å². The first-order valence-corrected chi connectivity index (χ1v) is 16.8. The molecule has 11 rings (SSSR count). The van der Waals surface area contributed by atoms with E-state index in [9.17, 15) is 0 Å². The van der Waals surface area contributed by atoms with Crippen LogP contribution in [0.4, 0.5) is 0 Å². The number of hydrogen-bond acceptors (Lipinski definition) is 4. The molecular weight excluding hydrogens is 613 g/mol. The predicted octanol–water partition coefficient (Wildman–Crippen LogP) is 12.7. The van der Waals surface area contributed by atoms with E-state index in [1.165, 1.54) is 38.1 Å². The second-order valence-corrected chi connectivity index (χ2v) is 12.9. The molecule has 0 amide bonds. The summed E-state index contributed by atoms with van der Waals surface area (Å²) in [6.45, 7) is 0. The Morgan fingerprint density at radius 3 is 1.86 bits per heavy atom. The van der Waals surface area contributed by atoms with E-state index in [0.717, 1.165) is 61.0 Å². The standard InChI is InChI=1S/C46H26N2O2/c1-4-11-27(12-5-1)30-19-21-33-34-17-10-18-37-41(34)42-38(49-37)24-23-32(40(42)36(33)25-30)31-20-22-35-39(26-31)50-45-43(28-13-6-2-7-14-28)47-46(48-44(35)45)29-15-8-3-9-16-29/h1-26H. The van der Waals surface area contributed by atoms with Crippen molar-refractivity contribution in [3.05, 3.63) is 158 Å². The first kappa shape index (κ1) is 27.2. The average molecular weight is 639 g/mol. The van der Waals surface area contributed by atoms with Gasteiger partial charge >= 0.3 is 0 Å². The Labute approximate surface area is 286 Å². The van der Waals surface area contributed by atoms with Crippen LogP contribution < -0.4 is 0 Å². The highest BCUT2D eigenvalue weighted by atomic mass is 16.3. The third-order valence-electron chi connectivity index (χ3n) is 10.1. The van der Waals surface area contributed by atoms with Gasteiger partial charge in [0.15, 0.2) is 11.4 Å². The number of hydrogen-bond donors (Lipinski definition) is 0. The van der Waals surface area contributed by atoms with Crippen molar-refractivity contribution in [3.63, 3.8) is 0 Å². The van der Waals surface area contributed by atoms with Crippen LogP contribution in [0.15, 0.2) is 167 Å². The first-order valence-electron chi connectivity index (χ1n) is 16.8. The number of fused-ring (bicyclic) bond motifs is 6. The maximum absolute atomic E-state index is 6.72. The Morgan fingerprint density at radius 2 is 1.06 bits per heavy atom. The lowest BCUT2D eigenvalue weighted by molar-refractivity contribution is 0.667. The van der Waals surface area contributed by atoms with E-state index in [1.807, 2.05) is 48.5 Å². The van der Waals surface area contributed by atoms with Crippen molar-refractivity contribution in [2.24, 2.45) is 0 Å². The molecule has 0 atom stereocenters. The van der Waals surface area contributed by atoms with Gasteiger partial charge < -0.3 is 8.83 Å². The van der Waals surface area contributed by atoms with Gasteiger partial charge in [0, 0.05) is 32.7 Å². The van der Waals surface area contributed by atoms with Gasteiger partial charge in [-0.3, -0.25) is 0 Å². The summed E-state index contributed by atoms with van der Waals surface area (Å²) in [7, 11) is 0. The topological polar surface area (TPSA) is 52.1 Å². The van der Waals surface area contributed by atoms with Gasteiger partial charge in [0.25, 0.3) is 0 Å². The lowest BCUT2D eigenvalue weighted by Crippen LogP contribution is -1.93. The van der Waals surface area contributed by atoms with E-state index in [2.05, 4.69) is 109 Å². The van der Waals surface area contributed by atoms with Crippen molar-refractivity contribution in [2.75, 3.05) is 0 Å². The number of benzene rings is 8. The molecule has 0 aliphatic heterocycles. The molecule has 4 heteroatoms. The first-order chi connectivity index (χ1) is 24.8. The fourth-order valence-electron chi connectivity index (χ4n) is 7.77. The molecule has 0 aliphatic rings. The molecule has 50 heavy (non-hydrogen) atoms. The lowest BCUT2D eigenvalue weighted by Gasteiger charge is -2.14. The zero-order valence-electron chi connectivity index (χ0n) is 26.7. The lowest BCUT2D eigenvalue weighted by atomic mass is 9.88. The summed E-state index contributed by atoms with van der Waals surface area (Å²) in [5, 5.41) is 8.06. The van der Waals surface area contributed by atoms with Gasteiger partial charge in [-0.2, -0.15) is 0 Å². The van der Waals surface area contributed by atoms with Gasteiger partial charge in [0.2, 0.25) is 0 Å². The monoisotopic (exact) mass is 638 g/mol. The molecule has 8 aromatic carbocycles. The summed E-state index contributed by atoms with van der Waals surface area (Å²) >= 11 is 0. The Morgan fingerprint density at radius 1 is 0.360 bits per heavy atom. The van der Waals surface area contributed by atoms with E-state index in [1.54, 1.807) is 0 Å². The molecule has 0 aliphatic carbocycles. The molecule has 3 heterocycles. The van der Waals surface area contributed by atoms with Crippen molar-refractivity contribution < 1.29 is 8.83 Å². The third-order valence-corrected chi connectivity index (χ3v) is 10.1. The Hall–Kier alpha value is -6.78. The molecule has 232 valence electrons. The molecule has 0 saturated carbocycles. The van der Waals surface area contributed by atoms with Gasteiger partial charge in [-0.1, -0.05) is 127 Å². The Balaban J connectivity index is 1.20. The summed E-state index contributed by atoms with van der Waals surface area (Å²) in [4.78, 5) is 10.1. The normalized spacial score (nSPS) is 12.0. The average Bonchev–Trinajstić information content (AvgIpc) is 3.76. The molecule has 4 nitrogen and oxygen atoms in total. The van der Waals surface area contributed by atoms with E-state index in [-0.39, 0.29) is 0 Å². The molecule has 3 aromatic heterocycles. The van der Waals surface area contributed by atoms with Crippen molar-refractivity contribution >= 4 is 65.6 Å². The Kier molecular flexibility index (Phi) is 5.63. The maximum atomic E-state index is 6.72. The Bertz CT molecular complexity index is 3070. The molecule has 0 unspecified atom stereocenters. The van der Waals surface area contributed by atoms with Crippen molar-refractivity contribution in [2.45, 2.75) is 0 Å². The summed E-state index contributed by atoms with van der Waals surface area (Å²) in [5.74, 6) is 0.673. The van der Waals surface area contributed by atoms with Crippen LogP contribution in [0.2, 0.25) is 0 Å². The van der Waals surface area contributed by atoms with Gasteiger partial charge in [-0.15, -0.1) is 0 Å². The highest BCUT2D eigenvalue weighted by molar-refractivity contribution is 6.35. The fourth-order valence-corrected chi connectivity index (χ4v) is 7.77. The molecule has 0 N–H and O–H groups in total. The summed E-state index contributed by atoms with van der Waals surface area (Å²) in [6, 6.07) is 54.9. The molecule has 0 spiro atoms. The van der Waals surface area contributed by atoms with E-state index in [4.69, 9.17) is 18.8 Å². The van der Waals surface area contributed by atoms with E-state index < -0.39 is 0 Å². The second-order valence-electron chi connectivity index (χ2n) is 12.9. The van der Waals surface area contributed by atoms with Crippen molar-refractivity contribution in [1.82, 2.24) is 9.97 Å². The minimum absolute atomic E-state index is 0.673. The van der Waals surface area contributed by atoms with Crippen LogP contribution in [0.25, 0.3) is 110 Å². The zero-order valence-corrected chi connectivity index (χ0v) is 26.7.